The number of amides is 3. The van der Waals surface area contributed by atoms with E-state index >= 15 is 0 Å². The van der Waals surface area contributed by atoms with Gasteiger partial charge in [-0.15, -0.1) is 0 Å². The van der Waals surface area contributed by atoms with Crippen molar-refractivity contribution in [3.63, 3.8) is 0 Å². The normalized spacial score (nSPS) is 31.8. The third-order valence-electron chi connectivity index (χ3n) is 8.76. The fourth-order valence-electron chi connectivity index (χ4n) is 7.05. The Hall–Kier alpha value is -3.17. The van der Waals surface area contributed by atoms with Crippen molar-refractivity contribution in [1.82, 2.24) is 9.80 Å². The lowest BCUT2D eigenvalue weighted by atomic mass is 9.74. The second-order valence-electron chi connectivity index (χ2n) is 11.0. The summed E-state index contributed by atoms with van der Waals surface area (Å²) in [4.78, 5) is 49.4. The number of fused-ring (bicyclic) bond motifs is 2. The summed E-state index contributed by atoms with van der Waals surface area (Å²) in [5.74, 6) is -2.35. The molecule has 9 heteroatoms. The van der Waals surface area contributed by atoms with E-state index in [1.165, 1.54) is 4.90 Å². The van der Waals surface area contributed by atoms with E-state index in [9.17, 15) is 19.5 Å². The van der Waals surface area contributed by atoms with Crippen LogP contribution in [0.25, 0.3) is 0 Å². The average molecular weight is 537 g/mol. The van der Waals surface area contributed by atoms with Gasteiger partial charge in [0.2, 0.25) is 11.8 Å². The van der Waals surface area contributed by atoms with Gasteiger partial charge in [0.1, 0.15) is 11.6 Å². The van der Waals surface area contributed by atoms with Crippen molar-refractivity contribution in [3.05, 3.63) is 48.6 Å². The van der Waals surface area contributed by atoms with E-state index in [1.54, 1.807) is 9.80 Å². The van der Waals surface area contributed by atoms with Gasteiger partial charge in [0, 0.05) is 50.6 Å². The van der Waals surface area contributed by atoms with Crippen LogP contribution in [0.1, 0.15) is 34.1 Å². The number of hydrogen-bond acceptors (Lipinski definition) is 6. The van der Waals surface area contributed by atoms with Gasteiger partial charge >= 0.3 is 0 Å². The number of aliphatic hydroxyl groups excluding tert-OH is 1. The van der Waals surface area contributed by atoms with Gasteiger partial charge in [-0.1, -0.05) is 31.2 Å². The third-order valence-corrected chi connectivity index (χ3v) is 8.76. The zero-order valence-corrected chi connectivity index (χ0v) is 23.4. The van der Waals surface area contributed by atoms with Gasteiger partial charge in [-0.2, -0.15) is 0 Å². The molecule has 0 aliphatic carbocycles. The molecular weight excluding hydrogens is 496 g/mol. The lowest BCUT2D eigenvalue weighted by Gasteiger charge is -2.37. The van der Waals surface area contributed by atoms with Crippen molar-refractivity contribution in [1.29, 1.82) is 0 Å². The van der Waals surface area contributed by atoms with Crippen LogP contribution in [0.15, 0.2) is 48.6 Å². The summed E-state index contributed by atoms with van der Waals surface area (Å²) in [6.07, 6.45) is 8.35. The maximum Gasteiger partial charge on any atom is 0.253 e. The molecule has 1 N–H and O–H groups in total. The van der Waals surface area contributed by atoms with Crippen LogP contribution >= 0.6 is 0 Å². The number of carbonyl (C=O) groups excluding carboxylic acids is 3. The van der Waals surface area contributed by atoms with Gasteiger partial charge in [-0.25, -0.2) is 0 Å². The molecule has 9 nitrogen and oxygen atoms in total. The molecule has 1 aromatic carbocycles. The zero-order valence-electron chi connectivity index (χ0n) is 23.4. The number of rotatable bonds is 8. The quantitative estimate of drug-likeness (QED) is 0.512. The van der Waals surface area contributed by atoms with Crippen LogP contribution in [0.2, 0.25) is 0 Å². The standard InChI is InChI=1S/C30H40N4O5/c1-5-16-32-17-8-14-29(4)23(26(32)36)24-27(37)34(19-20-35)25-28(38)33(18-9-15-30(24,25)39-29)22-12-10-21(11-13-22)31(6-2)7-3/h8-15,23-25,35H,5-7,16-20H2,1-4H3/t23-,24+,25?,29+,30+/m1/s1. The van der Waals surface area contributed by atoms with Gasteiger partial charge in [0.05, 0.1) is 24.0 Å². The number of likely N-dealkylation sites (tertiary alicyclic amines) is 1. The third kappa shape index (κ3) is 4.17. The molecule has 1 unspecified atom stereocenters. The topological polar surface area (TPSA) is 93.6 Å². The first-order chi connectivity index (χ1) is 18.8. The largest absolute Gasteiger partial charge is 0.395 e. The molecule has 0 bridgehead atoms. The Labute approximate surface area is 230 Å². The minimum atomic E-state index is -1.31. The van der Waals surface area contributed by atoms with E-state index in [2.05, 4.69) is 18.7 Å². The first kappa shape index (κ1) is 27.4. The van der Waals surface area contributed by atoms with Gasteiger partial charge in [0.25, 0.3) is 5.91 Å². The van der Waals surface area contributed by atoms with Gasteiger partial charge in [-0.05, 0) is 51.5 Å². The first-order valence-corrected chi connectivity index (χ1v) is 14.2. The number of carbonyl (C=O) groups is 3. The molecule has 2 fully saturated rings. The average Bonchev–Trinajstić information content (AvgIpc) is 3.18. The Kier molecular flexibility index (Phi) is 7.33. The molecule has 2 saturated heterocycles. The highest BCUT2D eigenvalue weighted by atomic mass is 16.5. The second-order valence-corrected chi connectivity index (χ2v) is 11.0. The van der Waals surface area contributed by atoms with E-state index in [-0.39, 0.29) is 30.9 Å². The highest BCUT2D eigenvalue weighted by Gasteiger charge is 2.74. The van der Waals surface area contributed by atoms with E-state index < -0.39 is 29.1 Å². The molecule has 210 valence electrons. The fourth-order valence-corrected chi connectivity index (χ4v) is 7.05. The smallest absolute Gasteiger partial charge is 0.253 e. The van der Waals surface area contributed by atoms with Crippen LogP contribution in [0.3, 0.4) is 0 Å². The lowest BCUT2D eigenvalue weighted by Crippen LogP contribution is -2.56. The van der Waals surface area contributed by atoms with E-state index in [0.717, 1.165) is 30.9 Å². The lowest BCUT2D eigenvalue weighted by molar-refractivity contribution is -0.148. The molecule has 4 aliphatic heterocycles. The van der Waals surface area contributed by atoms with Crippen LogP contribution in [0.5, 0.6) is 0 Å². The highest BCUT2D eigenvalue weighted by molar-refractivity contribution is 6.06. The summed E-state index contributed by atoms with van der Waals surface area (Å²) < 4.78 is 6.79. The molecule has 0 aromatic heterocycles. The molecule has 3 amide bonds. The minimum Gasteiger partial charge on any atom is -0.395 e. The number of aliphatic hydroxyl groups is 1. The summed E-state index contributed by atoms with van der Waals surface area (Å²) in [5.41, 5.74) is -0.547. The van der Waals surface area contributed by atoms with Crippen LogP contribution in [0, 0.1) is 11.8 Å². The maximum atomic E-state index is 14.4. The number of hydrogen-bond donors (Lipinski definition) is 1. The Morgan fingerprint density at radius 1 is 0.923 bits per heavy atom. The van der Waals surface area contributed by atoms with E-state index in [0.29, 0.717) is 19.6 Å². The van der Waals surface area contributed by atoms with Crippen molar-refractivity contribution in [2.45, 2.75) is 51.4 Å². The Morgan fingerprint density at radius 3 is 2.26 bits per heavy atom. The number of β-amino-alcohol motifs (C(OH)–C–C–N with tert-alkyl or cyclic N) is 1. The summed E-state index contributed by atoms with van der Waals surface area (Å²) in [6, 6.07) is 6.87. The summed E-state index contributed by atoms with van der Waals surface area (Å²) >= 11 is 0. The van der Waals surface area contributed by atoms with Crippen LogP contribution in [-0.2, 0) is 19.1 Å². The summed E-state index contributed by atoms with van der Waals surface area (Å²) in [5, 5.41) is 9.89. The molecule has 0 radical (unpaired) electrons. The van der Waals surface area contributed by atoms with Crippen molar-refractivity contribution < 1.29 is 24.2 Å². The van der Waals surface area contributed by atoms with Crippen molar-refractivity contribution in [2.24, 2.45) is 11.8 Å². The molecule has 1 spiro atoms. The molecule has 4 heterocycles. The molecule has 1 aromatic rings. The number of nitrogens with zero attached hydrogens (tertiary/aromatic N) is 4. The predicted molar refractivity (Wildman–Crippen MR) is 149 cm³/mol. The minimum absolute atomic E-state index is 0.00837. The van der Waals surface area contributed by atoms with Crippen LogP contribution < -0.4 is 9.80 Å². The zero-order chi connectivity index (χ0) is 27.9. The van der Waals surface area contributed by atoms with E-state index in [4.69, 9.17) is 4.74 Å². The second kappa shape index (κ2) is 10.4. The van der Waals surface area contributed by atoms with Gasteiger partial charge in [-0.3, -0.25) is 14.4 Å². The van der Waals surface area contributed by atoms with Crippen LogP contribution in [-0.4, -0.2) is 95.7 Å². The molecular formula is C30H40N4O5. The Balaban J connectivity index is 1.56. The van der Waals surface area contributed by atoms with Crippen molar-refractivity contribution in [3.8, 4) is 0 Å². The number of anilines is 2. The first-order valence-electron chi connectivity index (χ1n) is 14.2. The maximum absolute atomic E-state index is 14.4. The molecule has 0 saturated carbocycles. The number of ether oxygens (including phenoxy) is 1. The molecule has 5 atom stereocenters. The Morgan fingerprint density at radius 2 is 1.62 bits per heavy atom. The molecule has 39 heavy (non-hydrogen) atoms. The van der Waals surface area contributed by atoms with E-state index in [1.807, 2.05) is 62.4 Å². The van der Waals surface area contributed by atoms with Crippen LogP contribution in [0.4, 0.5) is 11.4 Å². The predicted octanol–water partition coefficient (Wildman–Crippen LogP) is 2.21. The Bertz CT molecular complexity index is 1180. The summed E-state index contributed by atoms with van der Waals surface area (Å²) in [6.45, 7) is 10.9. The van der Waals surface area contributed by atoms with Gasteiger partial charge in [0.15, 0.2) is 0 Å². The van der Waals surface area contributed by atoms with Gasteiger partial charge < -0.3 is 29.4 Å². The number of benzene rings is 1. The monoisotopic (exact) mass is 536 g/mol. The highest BCUT2D eigenvalue weighted by Crippen LogP contribution is 2.57. The van der Waals surface area contributed by atoms with Crippen molar-refractivity contribution in [2.75, 3.05) is 55.7 Å². The molecule has 4 aliphatic rings. The fraction of sp³-hybridized carbons (Fsp3) is 0.567. The van der Waals surface area contributed by atoms with Crippen molar-refractivity contribution >= 4 is 29.1 Å². The molecule has 5 rings (SSSR count). The summed E-state index contributed by atoms with van der Waals surface area (Å²) in [7, 11) is 0. The SMILES string of the molecule is CCCN1CC=C[C@]2(C)O[C@]34C=CCN(c5ccc(N(CC)CC)cc5)C(=O)C3N(CCO)C(=O)[C@@H]4[C@@H]2C1=O.